The molecule has 2 rings (SSSR count). The van der Waals surface area contributed by atoms with Crippen LogP contribution in [-0.2, 0) is 0 Å². The standard InChI is InChI=1S/C16H13N3/c1-13-7-10-15(11-8-13)16(18-19-17)12-9-14-5-3-2-4-6-14/h2-8,10-11,16H,1H3. The number of aryl methyl sites for hydroxylation is 1. The number of rotatable bonds is 2. The van der Waals surface area contributed by atoms with E-state index in [1.807, 2.05) is 61.5 Å². The Labute approximate surface area is 112 Å². The second kappa shape index (κ2) is 6.30. The molecular weight excluding hydrogens is 234 g/mol. The second-order valence-corrected chi connectivity index (χ2v) is 4.15. The summed E-state index contributed by atoms with van der Waals surface area (Å²) < 4.78 is 0. The summed E-state index contributed by atoms with van der Waals surface area (Å²) in [6.45, 7) is 2.02. The van der Waals surface area contributed by atoms with Gasteiger partial charge < -0.3 is 0 Å². The fourth-order valence-electron chi connectivity index (χ4n) is 1.65. The first-order chi connectivity index (χ1) is 9.29. The molecule has 0 saturated carbocycles. The van der Waals surface area contributed by atoms with Crippen LogP contribution in [0.3, 0.4) is 0 Å². The minimum atomic E-state index is -0.453. The number of hydrogen-bond acceptors (Lipinski definition) is 1. The highest BCUT2D eigenvalue weighted by molar-refractivity contribution is 5.38. The van der Waals surface area contributed by atoms with Crippen molar-refractivity contribution in [2.45, 2.75) is 13.0 Å². The fraction of sp³-hybridized carbons (Fsp3) is 0.125. The molecule has 0 saturated heterocycles. The van der Waals surface area contributed by atoms with Crippen molar-refractivity contribution in [3.63, 3.8) is 0 Å². The number of nitrogens with zero attached hydrogens (tertiary/aromatic N) is 3. The summed E-state index contributed by atoms with van der Waals surface area (Å²) in [5.41, 5.74) is 11.6. The van der Waals surface area contributed by atoms with Gasteiger partial charge in [-0.05, 0) is 30.2 Å². The van der Waals surface area contributed by atoms with Gasteiger partial charge in [-0.25, -0.2) is 0 Å². The monoisotopic (exact) mass is 247 g/mol. The van der Waals surface area contributed by atoms with Gasteiger partial charge in [0.05, 0.1) is 0 Å². The molecule has 2 aromatic carbocycles. The van der Waals surface area contributed by atoms with Gasteiger partial charge in [0.2, 0.25) is 0 Å². The van der Waals surface area contributed by atoms with Crippen LogP contribution in [0.5, 0.6) is 0 Å². The molecule has 0 aromatic heterocycles. The minimum absolute atomic E-state index is 0.453. The summed E-state index contributed by atoms with van der Waals surface area (Å²) in [5, 5.41) is 3.75. The first-order valence-corrected chi connectivity index (χ1v) is 5.97. The van der Waals surface area contributed by atoms with E-state index in [0.717, 1.165) is 11.1 Å². The molecule has 0 radical (unpaired) electrons. The van der Waals surface area contributed by atoms with Gasteiger partial charge in [-0.3, -0.25) is 0 Å². The van der Waals surface area contributed by atoms with Crippen LogP contribution in [0.1, 0.15) is 22.7 Å². The van der Waals surface area contributed by atoms with E-state index < -0.39 is 6.04 Å². The maximum absolute atomic E-state index is 8.64. The lowest BCUT2D eigenvalue weighted by molar-refractivity contribution is 0.927. The molecule has 1 unspecified atom stereocenters. The first-order valence-electron chi connectivity index (χ1n) is 5.97. The van der Waals surface area contributed by atoms with Gasteiger partial charge in [-0.15, -0.1) is 0 Å². The van der Waals surface area contributed by atoms with E-state index in [2.05, 4.69) is 21.9 Å². The molecule has 0 bridgehead atoms. The van der Waals surface area contributed by atoms with Crippen LogP contribution in [-0.4, -0.2) is 0 Å². The van der Waals surface area contributed by atoms with Crippen LogP contribution >= 0.6 is 0 Å². The number of benzene rings is 2. The van der Waals surface area contributed by atoms with Gasteiger partial charge in [0.1, 0.15) is 6.04 Å². The second-order valence-electron chi connectivity index (χ2n) is 4.15. The molecule has 0 heterocycles. The van der Waals surface area contributed by atoms with Crippen molar-refractivity contribution in [2.75, 3.05) is 0 Å². The van der Waals surface area contributed by atoms with Crippen molar-refractivity contribution in [3.05, 3.63) is 81.7 Å². The molecule has 3 heteroatoms. The smallest absolute Gasteiger partial charge is 0.0836 e. The van der Waals surface area contributed by atoms with Gasteiger partial charge in [-0.1, -0.05) is 65.0 Å². The summed E-state index contributed by atoms with van der Waals surface area (Å²) >= 11 is 0. The van der Waals surface area contributed by atoms with Crippen LogP contribution in [0.15, 0.2) is 59.7 Å². The lowest BCUT2D eigenvalue weighted by atomic mass is 10.1. The van der Waals surface area contributed by atoms with Gasteiger partial charge in [-0.2, -0.15) is 0 Å². The van der Waals surface area contributed by atoms with Gasteiger partial charge >= 0.3 is 0 Å². The lowest BCUT2D eigenvalue weighted by Crippen LogP contribution is -1.91. The van der Waals surface area contributed by atoms with Crippen molar-refractivity contribution < 1.29 is 0 Å². The third kappa shape index (κ3) is 3.64. The maximum Gasteiger partial charge on any atom is 0.124 e. The van der Waals surface area contributed by atoms with Crippen LogP contribution in [0.25, 0.3) is 10.4 Å². The van der Waals surface area contributed by atoms with E-state index >= 15 is 0 Å². The molecule has 19 heavy (non-hydrogen) atoms. The summed E-state index contributed by atoms with van der Waals surface area (Å²) in [4.78, 5) is 2.87. The Balaban J connectivity index is 2.29. The molecule has 0 aliphatic rings. The Hall–Kier alpha value is -2.69. The Morgan fingerprint density at radius 1 is 1.05 bits per heavy atom. The summed E-state index contributed by atoms with van der Waals surface area (Å²) in [6.07, 6.45) is 0. The quantitative estimate of drug-likeness (QED) is 0.327. The zero-order chi connectivity index (χ0) is 13.5. The van der Waals surface area contributed by atoms with E-state index in [4.69, 9.17) is 5.53 Å². The summed E-state index contributed by atoms with van der Waals surface area (Å²) in [6, 6.07) is 17.0. The molecule has 1 atom stereocenters. The largest absolute Gasteiger partial charge is 0.124 e. The highest BCUT2D eigenvalue weighted by Gasteiger charge is 2.04. The molecular formula is C16H13N3. The first kappa shape index (κ1) is 12.8. The third-order valence-corrected chi connectivity index (χ3v) is 2.69. The zero-order valence-corrected chi connectivity index (χ0v) is 10.6. The molecule has 0 spiro atoms. The van der Waals surface area contributed by atoms with Crippen LogP contribution in [0, 0.1) is 18.8 Å². The van der Waals surface area contributed by atoms with Crippen molar-refractivity contribution in [3.8, 4) is 11.8 Å². The fourth-order valence-corrected chi connectivity index (χ4v) is 1.65. The van der Waals surface area contributed by atoms with E-state index in [1.165, 1.54) is 5.56 Å². The Morgan fingerprint density at radius 2 is 1.74 bits per heavy atom. The average molecular weight is 247 g/mol. The third-order valence-electron chi connectivity index (χ3n) is 2.69. The highest BCUT2D eigenvalue weighted by Crippen LogP contribution is 2.17. The highest BCUT2D eigenvalue weighted by atomic mass is 15.1. The van der Waals surface area contributed by atoms with Crippen LogP contribution in [0.2, 0.25) is 0 Å². The summed E-state index contributed by atoms with van der Waals surface area (Å²) in [7, 11) is 0. The molecule has 0 fully saturated rings. The Kier molecular flexibility index (Phi) is 4.23. The predicted octanol–water partition coefficient (Wildman–Crippen LogP) is 4.40. The van der Waals surface area contributed by atoms with Crippen molar-refractivity contribution >= 4 is 0 Å². The normalized spacial score (nSPS) is 10.8. The minimum Gasteiger partial charge on any atom is -0.0836 e. The topological polar surface area (TPSA) is 48.8 Å². The SMILES string of the molecule is Cc1ccc(C(C#Cc2ccccc2)N=[N+]=[N-])cc1. The zero-order valence-electron chi connectivity index (χ0n) is 10.6. The van der Waals surface area contributed by atoms with Crippen molar-refractivity contribution in [2.24, 2.45) is 5.11 Å². The molecule has 0 aliphatic heterocycles. The van der Waals surface area contributed by atoms with Crippen molar-refractivity contribution in [1.29, 1.82) is 0 Å². The van der Waals surface area contributed by atoms with Crippen LogP contribution in [0.4, 0.5) is 0 Å². The molecule has 2 aromatic rings. The lowest BCUT2D eigenvalue weighted by Gasteiger charge is -2.04. The molecule has 0 amide bonds. The molecule has 0 N–H and O–H groups in total. The molecule has 92 valence electrons. The molecule has 3 nitrogen and oxygen atoms in total. The Morgan fingerprint density at radius 3 is 2.37 bits per heavy atom. The Bertz CT molecular complexity index is 642. The number of hydrogen-bond donors (Lipinski definition) is 0. The van der Waals surface area contributed by atoms with Gasteiger partial charge in [0.25, 0.3) is 0 Å². The average Bonchev–Trinajstić information content (AvgIpc) is 2.46. The summed E-state index contributed by atoms with van der Waals surface area (Å²) in [5.74, 6) is 6.03. The van der Waals surface area contributed by atoms with Crippen LogP contribution < -0.4 is 0 Å². The van der Waals surface area contributed by atoms with E-state index in [1.54, 1.807) is 0 Å². The van der Waals surface area contributed by atoms with Crippen molar-refractivity contribution in [1.82, 2.24) is 0 Å². The van der Waals surface area contributed by atoms with Gasteiger partial charge in [0.15, 0.2) is 0 Å². The number of azide groups is 1. The van der Waals surface area contributed by atoms with E-state index in [-0.39, 0.29) is 0 Å². The van der Waals surface area contributed by atoms with E-state index in [0.29, 0.717) is 0 Å². The predicted molar refractivity (Wildman–Crippen MR) is 76.4 cm³/mol. The molecule has 0 aliphatic carbocycles. The van der Waals surface area contributed by atoms with E-state index in [9.17, 15) is 0 Å². The maximum atomic E-state index is 8.64. The van der Waals surface area contributed by atoms with Gasteiger partial charge in [0, 0.05) is 10.5 Å².